The molecule has 1 saturated heterocycles. The molecule has 0 radical (unpaired) electrons. The maximum atomic E-state index is 6.18. The van der Waals surface area contributed by atoms with Gasteiger partial charge in [-0.25, -0.2) is 4.98 Å². The number of rotatable bonds is 13. The summed E-state index contributed by atoms with van der Waals surface area (Å²) in [6, 6.07) is 31.6. The normalized spacial score (nSPS) is 17.3. The molecule has 6 heterocycles. The monoisotopic (exact) mass is 1220 g/mol. The van der Waals surface area contributed by atoms with Gasteiger partial charge in [-0.15, -0.1) is 0 Å². The van der Waals surface area contributed by atoms with Gasteiger partial charge in [0, 0.05) is 87.2 Å². The van der Waals surface area contributed by atoms with Crippen molar-refractivity contribution in [1.29, 1.82) is 0 Å². The van der Waals surface area contributed by atoms with Crippen molar-refractivity contribution in [3.05, 3.63) is 161 Å². The van der Waals surface area contributed by atoms with E-state index in [9.17, 15) is 0 Å². The number of hydrogen-bond acceptors (Lipinski definition) is 10. The summed E-state index contributed by atoms with van der Waals surface area (Å²) >= 11 is 0. The van der Waals surface area contributed by atoms with Gasteiger partial charge in [0.2, 0.25) is 5.88 Å². The molecule has 492 valence electrons. The first kappa shape index (κ1) is 71.6. The van der Waals surface area contributed by atoms with Crippen molar-refractivity contribution < 1.29 is 9.47 Å². The zero-order valence-electron chi connectivity index (χ0n) is 59.4. The molecule has 4 aliphatic carbocycles. The topological polar surface area (TPSA) is 101 Å². The van der Waals surface area contributed by atoms with Crippen molar-refractivity contribution in [3.63, 3.8) is 0 Å². The van der Waals surface area contributed by atoms with Gasteiger partial charge in [0.15, 0.2) is 0 Å². The third-order valence-electron chi connectivity index (χ3n) is 19.2. The fourth-order valence-corrected chi connectivity index (χ4v) is 12.4. The van der Waals surface area contributed by atoms with Crippen LogP contribution in [0, 0.1) is 11.8 Å². The van der Waals surface area contributed by atoms with Crippen molar-refractivity contribution in [2.75, 3.05) is 37.5 Å². The molecule has 6 aromatic rings. The van der Waals surface area contributed by atoms with Gasteiger partial charge >= 0.3 is 0 Å². The van der Waals surface area contributed by atoms with E-state index in [1.165, 1.54) is 154 Å². The van der Waals surface area contributed by atoms with E-state index in [2.05, 4.69) is 230 Å². The second-order valence-electron chi connectivity index (χ2n) is 32.0. The maximum absolute atomic E-state index is 6.18. The van der Waals surface area contributed by atoms with Crippen LogP contribution in [-0.4, -0.2) is 75.3 Å². The Morgan fingerprint density at radius 3 is 1.41 bits per heavy atom. The van der Waals surface area contributed by atoms with Gasteiger partial charge in [0.05, 0.1) is 7.11 Å². The summed E-state index contributed by atoms with van der Waals surface area (Å²) in [4.78, 5) is 26.9. The summed E-state index contributed by atoms with van der Waals surface area (Å²) in [5.41, 5.74) is 11.7. The highest BCUT2D eigenvalue weighted by Gasteiger charge is 2.27. The zero-order chi connectivity index (χ0) is 65.1. The van der Waals surface area contributed by atoms with Crippen LogP contribution in [0.15, 0.2) is 116 Å². The predicted octanol–water partition coefficient (Wildman–Crippen LogP) is 19.8. The fraction of sp³-hybridized carbons (Fsp3) is 0.613. The molecule has 0 amide bonds. The molecule has 5 aromatic heterocycles. The summed E-state index contributed by atoms with van der Waals surface area (Å²) < 4.78 is 11.5. The molecule has 1 aromatic carbocycles. The number of hydrogen-bond donors (Lipinski definition) is 1. The molecule has 0 unspecified atom stereocenters. The Morgan fingerprint density at radius 1 is 0.478 bits per heavy atom. The molecule has 0 spiro atoms. The lowest BCUT2D eigenvalue weighted by Crippen LogP contribution is -2.37. The molecule has 10 heteroatoms. The highest BCUT2D eigenvalue weighted by molar-refractivity contribution is 5.45. The van der Waals surface area contributed by atoms with E-state index >= 15 is 0 Å². The minimum Gasteiger partial charge on any atom is -0.490 e. The highest BCUT2D eigenvalue weighted by atomic mass is 16.5. The van der Waals surface area contributed by atoms with Crippen LogP contribution >= 0.6 is 0 Å². The van der Waals surface area contributed by atoms with E-state index in [-0.39, 0.29) is 27.1 Å². The molecular formula is C80H120N8O2. The van der Waals surface area contributed by atoms with Crippen LogP contribution in [0.2, 0.25) is 0 Å². The van der Waals surface area contributed by atoms with Crippen LogP contribution in [-0.2, 0) is 46.5 Å². The summed E-state index contributed by atoms with van der Waals surface area (Å²) in [7, 11) is 3.83. The van der Waals surface area contributed by atoms with Gasteiger partial charge in [0.25, 0.3) is 0 Å². The third kappa shape index (κ3) is 23.7. The number of piperidine rings is 1. The van der Waals surface area contributed by atoms with Crippen molar-refractivity contribution >= 4 is 11.6 Å². The van der Waals surface area contributed by atoms with Gasteiger partial charge in [-0.05, 0) is 203 Å². The first-order chi connectivity index (χ1) is 42.6. The van der Waals surface area contributed by atoms with Gasteiger partial charge in [-0.2, -0.15) is 4.98 Å². The number of anilines is 2. The molecule has 1 N–H and O–H groups in total. The van der Waals surface area contributed by atoms with Crippen molar-refractivity contribution in [3.8, 4) is 11.6 Å². The van der Waals surface area contributed by atoms with E-state index in [1.807, 2.05) is 37.1 Å². The number of benzene rings is 1. The molecule has 10 nitrogen and oxygen atoms in total. The van der Waals surface area contributed by atoms with Gasteiger partial charge in [-0.1, -0.05) is 174 Å². The van der Waals surface area contributed by atoms with Crippen molar-refractivity contribution in [1.82, 2.24) is 29.8 Å². The van der Waals surface area contributed by atoms with Crippen molar-refractivity contribution in [2.24, 2.45) is 11.8 Å². The Kier molecular flexibility index (Phi) is 26.3. The van der Waals surface area contributed by atoms with Crippen LogP contribution < -0.4 is 19.7 Å². The average molecular weight is 1230 g/mol. The number of methoxy groups -OCH3 is 1. The van der Waals surface area contributed by atoms with Crippen LogP contribution in [0.4, 0.5) is 11.6 Å². The average Bonchev–Trinajstić information content (AvgIpc) is 1.20. The Hall–Kier alpha value is -5.87. The minimum atomic E-state index is 0.117. The molecule has 5 aliphatic rings. The number of nitrogens with zero attached hydrogens (tertiary/aromatic N) is 7. The summed E-state index contributed by atoms with van der Waals surface area (Å²) in [6.45, 7) is 36.9. The SMILES string of the molecule is CC(C)(C)c1ccc(OC2CCN(Cc3ccncc3)CC2)cc1.CC(C)(C)c1ccnc(CC2CCCC2)c1.CC(C)(C)c1ccnc(CC2CCCCC2)c1.CN(c1cc(C(C)(C)C)ccn1)C1CCC1.COc1cc(C(C)(C)C)cc(NC2CCC2)n1. The van der Waals surface area contributed by atoms with Gasteiger partial charge in [-0.3, -0.25) is 19.9 Å². The molecule has 90 heavy (non-hydrogen) atoms. The minimum absolute atomic E-state index is 0.117. The number of nitrogens with one attached hydrogen (secondary N) is 1. The molecular weight excluding hydrogens is 1100 g/mol. The van der Waals surface area contributed by atoms with E-state index in [1.54, 1.807) is 7.11 Å². The lowest BCUT2D eigenvalue weighted by atomic mass is 9.84. The second kappa shape index (κ2) is 33.1. The Morgan fingerprint density at radius 2 is 0.956 bits per heavy atom. The largest absolute Gasteiger partial charge is 0.490 e. The van der Waals surface area contributed by atoms with E-state index in [0.717, 1.165) is 61.7 Å². The summed E-state index contributed by atoms with van der Waals surface area (Å²) in [5, 5.41) is 3.47. The number of ether oxygens (including phenoxy) is 2. The first-order valence-corrected chi connectivity index (χ1v) is 34.9. The van der Waals surface area contributed by atoms with Crippen LogP contribution in [0.5, 0.6) is 11.6 Å². The van der Waals surface area contributed by atoms with E-state index in [4.69, 9.17) is 9.47 Å². The van der Waals surface area contributed by atoms with E-state index < -0.39 is 0 Å². The molecule has 1 aliphatic heterocycles. The Labute approximate surface area is 547 Å². The lowest BCUT2D eigenvalue weighted by molar-refractivity contribution is 0.0967. The Balaban J connectivity index is 0.000000162. The number of aromatic nitrogens is 5. The smallest absolute Gasteiger partial charge is 0.215 e. The Bertz CT molecular complexity index is 3020. The molecule has 0 atom stereocenters. The zero-order valence-corrected chi connectivity index (χ0v) is 59.4. The number of pyridine rings is 5. The maximum Gasteiger partial charge on any atom is 0.215 e. The lowest BCUT2D eigenvalue weighted by Gasteiger charge is -2.36. The highest BCUT2D eigenvalue weighted by Crippen LogP contribution is 2.34. The van der Waals surface area contributed by atoms with Gasteiger partial charge < -0.3 is 19.7 Å². The number of likely N-dealkylation sites (tertiary alicyclic amines) is 1. The van der Waals surface area contributed by atoms with Gasteiger partial charge in [0.1, 0.15) is 23.5 Å². The van der Waals surface area contributed by atoms with E-state index in [0.29, 0.717) is 24.1 Å². The van der Waals surface area contributed by atoms with Crippen molar-refractivity contribution in [2.45, 2.75) is 278 Å². The molecule has 4 saturated carbocycles. The third-order valence-corrected chi connectivity index (χ3v) is 19.2. The molecule has 5 fully saturated rings. The summed E-state index contributed by atoms with van der Waals surface area (Å²) in [5.74, 6) is 5.53. The fourth-order valence-electron chi connectivity index (χ4n) is 12.4. The second-order valence-corrected chi connectivity index (χ2v) is 32.0. The van der Waals surface area contributed by atoms with Crippen LogP contribution in [0.1, 0.15) is 258 Å². The molecule has 11 rings (SSSR count). The predicted molar refractivity (Wildman–Crippen MR) is 380 cm³/mol. The van der Waals surface area contributed by atoms with Crippen LogP contribution in [0.3, 0.4) is 0 Å². The first-order valence-electron chi connectivity index (χ1n) is 34.9. The summed E-state index contributed by atoms with van der Waals surface area (Å²) in [6.07, 6.45) is 35.1. The quantitative estimate of drug-likeness (QED) is 0.120. The molecule has 0 bridgehead atoms. The standard InChI is InChI=1S/C21H28N2O.C16H25N.C15H23N.C14H22N2O.C14H22N2/c1-21(2,3)18-4-6-19(7-5-18)24-20-10-14-23(15-11-20)16-17-8-12-22-13-9-17;1-16(2,3)14-9-10-17-15(12-14)11-13-7-5-4-6-8-13;1-15(2,3)13-8-9-16-14(11-13)10-12-6-4-5-7-12;1-14(2,3)10-8-12(15-11-6-5-7-11)16-13(9-10)17-4;1-14(2,3)11-8-9-15-13(10-11)16(4)12-6-5-7-12/h4-9,12-13,20H,10-11,14-16H2,1-3H3;9-10,12-13H,4-8,11H2,1-3H3;8-9,11-12H,4-7,10H2,1-3H3;8-9,11H,5-7H2,1-4H3,(H,15,16);8-10,12H,5-7H2,1-4H3. The van der Waals surface area contributed by atoms with Crippen LogP contribution in [0.25, 0.3) is 0 Å².